The van der Waals surface area contributed by atoms with Gasteiger partial charge in [-0.15, -0.1) is 0 Å². The second-order valence-electron chi connectivity index (χ2n) is 15.5. The van der Waals surface area contributed by atoms with Crippen LogP contribution in [0.1, 0.15) is 0 Å². The summed E-state index contributed by atoms with van der Waals surface area (Å²) in [6, 6.07) is 45.4. The van der Waals surface area contributed by atoms with E-state index in [1.54, 1.807) is 0 Å². The zero-order chi connectivity index (χ0) is 44.8. The predicted octanol–water partition coefficient (Wildman–Crippen LogP) is 13.4. The molecule has 7 rings (SSSR count). The van der Waals surface area contributed by atoms with E-state index in [0.717, 1.165) is 60.7 Å². The summed E-state index contributed by atoms with van der Waals surface area (Å²) < 4.78 is 137. The molecule has 0 aliphatic rings. The van der Waals surface area contributed by atoms with Crippen LogP contribution < -0.4 is 35.9 Å². The van der Waals surface area contributed by atoms with E-state index in [9.17, 15) is 0 Å². The molecule has 0 aliphatic heterocycles. The first-order valence-corrected chi connectivity index (χ1v) is 23.4. The summed E-state index contributed by atoms with van der Waals surface area (Å²) in [6.45, 7) is 4.11. The minimum atomic E-state index is -4.55. The molecular weight excluding hydrogens is 839 g/mol. The summed E-state index contributed by atoms with van der Waals surface area (Å²) in [5, 5.41) is -6.70. The van der Waals surface area contributed by atoms with Crippen molar-refractivity contribution in [3.05, 3.63) is 212 Å². The normalized spacial score (nSPS) is 12.2. The molecule has 0 heterocycles. The summed E-state index contributed by atoms with van der Waals surface area (Å²) >= 11 is 0. The number of para-hydroxylation sites is 7. The third-order valence-corrected chi connectivity index (χ3v) is 13.7. The number of anilines is 7. The topological polar surface area (TPSA) is 22.7 Å². The van der Waals surface area contributed by atoms with Crippen molar-refractivity contribution in [3.63, 3.8) is 0 Å². The number of hydrogen-bond acceptors (Lipinski definition) is 7. The molecular formula is C48H45F7N7P. The first kappa shape index (κ1) is 44.1. The molecule has 0 fully saturated rings. The third kappa shape index (κ3) is 7.27. The van der Waals surface area contributed by atoms with Crippen LogP contribution in [0.4, 0.5) is 71.2 Å². The van der Waals surface area contributed by atoms with Crippen LogP contribution in [0.15, 0.2) is 212 Å². The molecule has 7 aromatic carbocycles. The SMILES string of the molecule is C[PH](C)(C)C(N(F)c1ccccc1)(N(F)c1ccccc1)C(N(F)c1ccccc1)(N(F)c1ccccc1)C(N(F)c1ccccc1)(N(F)c1ccccc1)N(F)c1ccccc1. The maximum atomic E-state index is 19.9. The van der Waals surface area contributed by atoms with Gasteiger partial charge in [0.15, 0.2) is 0 Å². The average Bonchev–Trinajstić information content (AvgIpc) is 3.34. The molecule has 0 bridgehead atoms. The van der Waals surface area contributed by atoms with E-state index in [-0.39, 0.29) is 10.2 Å². The molecule has 326 valence electrons. The third-order valence-electron chi connectivity index (χ3n) is 10.8. The standard InChI is InChI=1S/C48H45F7N7P/c1-63(2,3)48(61(54)44-35-21-9-22-36-44,62(55)45-37-23-10-24-38-45)46(56(49)39-25-11-4-12-26-39,57(50)40-27-13-5-14-28-40)47(58(51)41-29-15-6-16-30-41,59(52)42-31-17-7-18-32-42)60(53)43-33-19-8-20-34-43/h4-38,63H,1-3H3. The number of hydrogen-bond donors (Lipinski definition) is 0. The molecule has 7 nitrogen and oxygen atoms in total. The zero-order valence-corrected chi connectivity index (χ0v) is 35.5. The van der Waals surface area contributed by atoms with Crippen LogP contribution in [0.3, 0.4) is 0 Å². The van der Waals surface area contributed by atoms with E-state index < -0.39 is 89.5 Å². The summed E-state index contributed by atoms with van der Waals surface area (Å²) in [7, 11) is -4.55. The van der Waals surface area contributed by atoms with Crippen molar-refractivity contribution in [1.29, 1.82) is 0 Å². The van der Waals surface area contributed by atoms with Crippen LogP contribution in [0.5, 0.6) is 0 Å². The fourth-order valence-electron chi connectivity index (χ4n) is 8.15. The Morgan fingerprint density at radius 1 is 0.270 bits per heavy atom. The summed E-state index contributed by atoms with van der Waals surface area (Å²) in [4.78, 5) is 0. The van der Waals surface area contributed by atoms with Crippen molar-refractivity contribution in [2.75, 3.05) is 55.8 Å². The van der Waals surface area contributed by atoms with Crippen molar-refractivity contribution < 1.29 is 31.4 Å². The van der Waals surface area contributed by atoms with Gasteiger partial charge in [0.05, 0.1) is 0 Å². The van der Waals surface area contributed by atoms with Crippen LogP contribution in [0.2, 0.25) is 0 Å². The quantitative estimate of drug-likeness (QED) is 0.0388. The molecule has 0 atom stereocenters. The molecule has 0 radical (unpaired) electrons. The Morgan fingerprint density at radius 3 is 0.635 bits per heavy atom. The van der Waals surface area contributed by atoms with Gasteiger partial charge in [0.1, 0.15) is 0 Å². The van der Waals surface area contributed by atoms with Crippen molar-refractivity contribution in [1.82, 2.24) is 0 Å². The first-order chi connectivity index (χ1) is 30.4. The van der Waals surface area contributed by atoms with Gasteiger partial charge >= 0.3 is 363 Å². The van der Waals surface area contributed by atoms with Crippen molar-refractivity contribution >= 4 is 47.1 Å². The molecule has 0 amide bonds. The molecule has 0 saturated carbocycles. The molecule has 0 unspecified atom stereocenters. The van der Waals surface area contributed by atoms with Gasteiger partial charge in [-0.25, -0.2) is 0 Å². The van der Waals surface area contributed by atoms with Crippen LogP contribution in [0, 0.1) is 0 Å². The number of rotatable bonds is 17. The van der Waals surface area contributed by atoms with Gasteiger partial charge in [0.25, 0.3) is 0 Å². The Bertz CT molecular complexity index is 2280. The van der Waals surface area contributed by atoms with Crippen molar-refractivity contribution in [2.45, 2.75) is 16.9 Å². The fourth-order valence-corrected chi connectivity index (χ4v) is 11.0. The summed E-state index contributed by atoms with van der Waals surface area (Å²) in [5.74, 6) is -4.41. The van der Waals surface area contributed by atoms with Crippen LogP contribution in [0.25, 0.3) is 0 Å². The van der Waals surface area contributed by atoms with Crippen LogP contribution >= 0.6 is 7.26 Å². The second kappa shape index (κ2) is 18.2. The predicted molar refractivity (Wildman–Crippen MR) is 244 cm³/mol. The Hall–Kier alpha value is -6.92. The molecule has 0 aromatic heterocycles. The Labute approximate surface area is 362 Å². The summed E-state index contributed by atoms with van der Waals surface area (Å²) in [5.41, 5.74) is -8.72. The van der Waals surface area contributed by atoms with Crippen molar-refractivity contribution in [2.24, 2.45) is 0 Å². The van der Waals surface area contributed by atoms with E-state index in [4.69, 9.17) is 0 Å². The molecule has 15 heteroatoms. The number of benzene rings is 7. The monoisotopic (exact) mass is 883 g/mol. The van der Waals surface area contributed by atoms with Gasteiger partial charge < -0.3 is 0 Å². The van der Waals surface area contributed by atoms with Gasteiger partial charge in [-0.1, -0.05) is 0 Å². The molecule has 0 N–H and O–H groups in total. The zero-order valence-electron chi connectivity index (χ0n) is 34.5. The molecule has 0 spiro atoms. The van der Waals surface area contributed by atoms with E-state index in [2.05, 4.69) is 0 Å². The molecule has 0 aliphatic carbocycles. The maximum absolute atomic E-state index is 19.9. The fraction of sp³-hybridized carbons (Fsp3) is 0.125. The van der Waals surface area contributed by atoms with Gasteiger partial charge in [-0.05, 0) is 0 Å². The Morgan fingerprint density at radius 2 is 0.444 bits per heavy atom. The first-order valence-electron chi connectivity index (χ1n) is 19.9. The molecule has 63 heavy (non-hydrogen) atoms. The van der Waals surface area contributed by atoms with E-state index in [1.807, 2.05) is 0 Å². The number of nitrogens with zero attached hydrogens (tertiary/aromatic N) is 7. The van der Waals surface area contributed by atoms with Gasteiger partial charge in [-0.2, -0.15) is 0 Å². The molecule has 7 aromatic rings. The van der Waals surface area contributed by atoms with Crippen molar-refractivity contribution in [3.8, 4) is 0 Å². The Balaban J connectivity index is 1.88. The van der Waals surface area contributed by atoms with Gasteiger partial charge in [0, 0.05) is 0 Å². The second-order valence-corrected chi connectivity index (χ2v) is 20.7. The van der Waals surface area contributed by atoms with Gasteiger partial charge in [0.2, 0.25) is 0 Å². The average molecular weight is 884 g/mol. The van der Waals surface area contributed by atoms with E-state index >= 15 is 31.4 Å². The number of halogens is 7. The Kier molecular flexibility index (Phi) is 12.8. The van der Waals surface area contributed by atoms with Crippen LogP contribution in [-0.4, -0.2) is 36.8 Å². The van der Waals surface area contributed by atoms with E-state index in [0.29, 0.717) is 0 Å². The van der Waals surface area contributed by atoms with Crippen LogP contribution in [-0.2, 0) is 0 Å². The minimum absolute atomic E-state index is 0.234. The van der Waals surface area contributed by atoms with E-state index in [1.165, 1.54) is 172 Å². The molecule has 0 saturated heterocycles. The summed E-state index contributed by atoms with van der Waals surface area (Å²) in [6.07, 6.45) is 0. The van der Waals surface area contributed by atoms with Gasteiger partial charge in [-0.3, -0.25) is 0 Å².